The van der Waals surface area contributed by atoms with E-state index in [-0.39, 0.29) is 5.92 Å². The molecule has 3 aromatic carbocycles. The Labute approximate surface area is 226 Å². The molecule has 5 nitrogen and oxygen atoms in total. The molecule has 0 aromatic heterocycles. The molecule has 202 valence electrons. The van der Waals surface area contributed by atoms with E-state index in [4.69, 9.17) is 4.55 Å². The van der Waals surface area contributed by atoms with Crippen molar-refractivity contribution in [2.45, 2.75) is 41.1 Å². The lowest BCUT2D eigenvalue weighted by molar-refractivity contribution is -0.156. The Hall–Kier alpha value is -2.75. The molecule has 0 amide bonds. The summed E-state index contributed by atoms with van der Waals surface area (Å²) in [5.74, 6) is -0.567. The first-order valence-electron chi connectivity index (χ1n) is 12.5. The highest BCUT2D eigenvalue weighted by Crippen LogP contribution is 2.48. The van der Waals surface area contributed by atoms with Gasteiger partial charge in [0.2, 0.25) is 0 Å². The molecule has 5 rings (SSSR count). The van der Waals surface area contributed by atoms with Crippen LogP contribution in [0.3, 0.4) is 0 Å². The van der Waals surface area contributed by atoms with E-state index in [1.807, 2.05) is 11.8 Å². The van der Waals surface area contributed by atoms with Crippen LogP contribution in [-0.4, -0.2) is 30.8 Å². The molecule has 2 aliphatic rings. The third-order valence-electron chi connectivity index (χ3n) is 7.00. The fourth-order valence-electron chi connectivity index (χ4n) is 5.09. The predicted molar refractivity (Wildman–Crippen MR) is 143 cm³/mol. The topological polar surface area (TPSA) is 80.7 Å². The Morgan fingerprint density at radius 2 is 1.42 bits per heavy atom. The van der Waals surface area contributed by atoms with Gasteiger partial charge < -0.3 is 4.74 Å². The Bertz CT molecular complexity index is 1250. The third-order valence-corrected chi connectivity index (χ3v) is 9.20. The smallest absolute Gasteiger partial charge is 0.402 e. The van der Waals surface area contributed by atoms with Gasteiger partial charge in [0.05, 0.1) is 11.2 Å². The van der Waals surface area contributed by atoms with E-state index in [2.05, 4.69) is 95.7 Å². The average molecular weight is 561 g/mol. The maximum atomic E-state index is 12.9. The second kappa shape index (κ2) is 12.4. The van der Waals surface area contributed by atoms with Crippen LogP contribution >= 0.6 is 11.8 Å². The minimum absolute atomic E-state index is 0.168. The molecule has 2 aliphatic carbocycles. The molecule has 3 unspecified atom stereocenters. The van der Waals surface area contributed by atoms with Crippen LogP contribution in [0.4, 0.5) is 8.78 Å². The number of alkyl halides is 2. The first-order chi connectivity index (χ1) is 18.1. The van der Waals surface area contributed by atoms with Crippen molar-refractivity contribution in [2.75, 3.05) is 6.61 Å². The van der Waals surface area contributed by atoms with Gasteiger partial charge in [-0.15, -0.1) is 11.8 Å². The lowest BCUT2D eigenvalue weighted by Crippen LogP contribution is -2.36. The van der Waals surface area contributed by atoms with E-state index in [1.165, 1.54) is 16.0 Å². The van der Waals surface area contributed by atoms with Crippen molar-refractivity contribution in [1.29, 1.82) is 0 Å². The molecule has 0 saturated heterocycles. The molecule has 0 heterocycles. The summed E-state index contributed by atoms with van der Waals surface area (Å²) in [6.07, 6.45) is 3.48. The highest BCUT2D eigenvalue weighted by molar-refractivity contribution is 7.99. The molecule has 3 aromatic rings. The van der Waals surface area contributed by atoms with Gasteiger partial charge in [-0.1, -0.05) is 85.3 Å². The van der Waals surface area contributed by atoms with Crippen molar-refractivity contribution in [3.05, 3.63) is 102 Å². The van der Waals surface area contributed by atoms with Crippen molar-refractivity contribution >= 4 is 27.8 Å². The number of hydrogen-bond donors (Lipinski definition) is 1. The normalized spacial score (nSPS) is 20.6. The monoisotopic (exact) mass is 560 g/mol. The van der Waals surface area contributed by atoms with Crippen LogP contribution < -0.4 is 0 Å². The molecule has 0 spiro atoms. The van der Waals surface area contributed by atoms with Gasteiger partial charge in [-0.25, -0.2) is 0 Å². The first-order valence-corrected chi connectivity index (χ1v) is 14.8. The summed E-state index contributed by atoms with van der Waals surface area (Å²) in [5, 5.41) is -4.11. The summed E-state index contributed by atoms with van der Waals surface area (Å²) < 4.78 is 59.0. The molecule has 2 bridgehead atoms. The lowest BCUT2D eigenvalue weighted by Gasteiger charge is -2.21. The Kier molecular flexibility index (Phi) is 9.23. The zero-order chi connectivity index (χ0) is 27.2. The van der Waals surface area contributed by atoms with Gasteiger partial charge in [0.15, 0.2) is 6.61 Å². The van der Waals surface area contributed by atoms with E-state index in [0.29, 0.717) is 17.6 Å². The summed E-state index contributed by atoms with van der Waals surface area (Å²) >= 11 is 1.89. The molecule has 2 fully saturated rings. The van der Waals surface area contributed by atoms with Crippen molar-refractivity contribution in [2.24, 2.45) is 17.8 Å². The van der Waals surface area contributed by atoms with Crippen LogP contribution in [0.5, 0.6) is 0 Å². The summed E-state index contributed by atoms with van der Waals surface area (Å²) in [6, 6.07) is 32.0. The minimum atomic E-state index is -5.54. The van der Waals surface area contributed by atoms with Crippen LogP contribution in [0.2, 0.25) is 0 Å². The largest absolute Gasteiger partial charge is 0.458 e. The van der Waals surface area contributed by atoms with Crippen molar-refractivity contribution in [3.8, 4) is 0 Å². The maximum absolute atomic E-state index is 12.9. The number of fused-ring (bicyclic) bond motifs is 2. The molecule has 38 heavy (non-hydrogen) atoms. The van der Waals surface area contributed by atoms with Crippen LogP contribution in [-0.2, 0) is 19.6 Å². The number of esters is 1. The summed E-state index contributed by atoms with van der Waals surface area (Å²) in [4.78, 5) is 12.9. The van der Waals surface area contributed by atoms with Crippen LogP contribution in [0.15, 0.2) is 95.9 Å². The molecule has 3 atom stereocenters. The lowest BCUT2D eigenvalue weighted by atomic mass is 9.89. The predicted octanol–water partition coefficient (Wildman–Crippen LogP) is 7.01. The number of halogens is 2. The average Bonchev–Trinajstić information content (AvgIpc) is 3.56. The zero-order valence-corrected chi connectivity index (χ0v) is 22.3. The molecular formula is C29H30F2O5S2. The fourth-order valence-corrected chi connectivity index (χ4v) is 6.47. The summed E-state index contributed by atoms with van der Waals surface area (Å²) in [7, 11) is -5.54. The highest BCUT2D eigenvalue weighted by Gasteiger charge is 2.48. The Balaban J connectivity index is 0.000000178. The third kappa shape index (κ3) is 7.21. The number of rotatable bonds is 8. The molecule has 0 radical (unpaired) electrons. The van der Waals surface area contributed by atoms with E-state index in [1.54, 1.807) is 0 Å². The molecule has 9 heteroatoms. The highest BCUT2D eigenvalue weighted by atomic mass is 32.2. The van der Waals surface area contributed by atoms with Gasteiger partial charge in [-0.3, -0.25) is 9.35 Å². The zero-order valence-electron chi connectivity index (χ0n) is 20.7. The summed E-state index contributed by atoms with van der Waals surface area (Å²) in [6.45, 7) is -1.63. The van der Waals surface area contributed by atoms with E-state index in [9.17, 15) is 22.0 Å². The van der Waals surface area contributed by atoms with Crippen molar-refractivity contribution in [1.82, 2.24) is 0 Å². The van der Waals surface area contributed by atoms with Crippen LogP contribution in [0.25, 0.3) is 0 Å². The number of carbonyl (C=O) groups is 1. The SMILES string of the molecule is O=C(OCC(F)(F)S(=O)(=O)O)C1CC2CCC1C2.c1ccc(SC(c2ccccc2)c2ccccc2)cc1. The molecular weight excluding hydrogens is 530 g/mol. The Morgan fingerprint density at radius 3 is 1.87 bits per heavy atom. The molecule has 2 saturated carbocycles. The summed E-state index contributed by atoms with van der Waals surface area (Å²) in [5.41, 5.74) is 2.68. The van der Waals surface area contributed by atoms with Gasteiger partial charge in [0.1, 0.15) is 0 Å². The van der Waals surface area contributed by atoms with Crippen molar-refractivity contribution in [3.63, 3.8) is 0 Å². The van der Waals surface area contributed by atoms with Crippen molar-refractivity contribution < 1.29 is 31.3 Å². The minimum Gasteiger partial charge on any atom is -0.458 e. The van der Waals surface area contributed by atoms with E-state index < -0.39 is 33.9 Å². The number of benzene rings is 3. The second-order valence-corrected chi connectivity index (χ2v) is 12.4. The Morgan fingerprint density at radius 1 is 0.895 bits per heavy atom. The van der Waals surface area contributed by atoms with Crippen LogP contribution in [0.1, 0.15) is 42.1 Å². The fraction of sp³-hybridized carbons (Fsp3) is 0.345. The van der Waals surface area contributed by atoms with Gasteiger partial charge in [-0.05, 0) is 54.4 Å². The standard InChI is InChI=1S/C19H16S.C10H14F2O5S/c1-4-10-16(11-5-1)19(17-12-6-2-7-13-17)20-18-14-8-3-9-15-18;11-10(12,18(14,15)16)5-17-9(13)8-4-6-1-2-7(8)3-6/h1-15,19H;6-8H,1-5H2,(H,14,15,16). The number of ether oxygens (including phenoxy) is 1. The molecule has 0 aliphatic heterocycles. The van der Waals surface area contributed by atoms with Gasteiger partial charge in [-0.2, -0.15) is 17.2 Å². The quantitative estimate of drug-likeness (QED) is 0.181. The molecule has 1 N–H and O–H groups in total. The second-order valence-electron chi connectivity index (χ2n) is 9.63. The number of carbonyl (C=O) groups excluding carboxylic acids is 1. The van der Waals surface area contributed by atoms with E-state index >= 15 is 0 Å². The maximum Gasteiger partial charge on any atom is 0.402 e. The van der Waals surface area contributed by atoms with E-state index in [0.717, 1.165) is 19.3 Å². The number of thioether (sulfide) groups is 1. The first kappa shape index (κ1) is 28.3. The van der Waals surface area contributed by atoms with Gasteiger partial charge in [0, 0.05) is 4.90 Å². The van der Waals surface area contributed by atoms with Gasteiger partial charge in [0.25, 0.3) is 0 Å². The van der Waals surface area contributed by atoms with Gasteiger partial charge >= 0.3 is 21.3 Å². The number of hydrogen-bond acceptors (Lipinski definition) is 5. The van der Waals surface area contributed by atoms with Crippen LogP contribution in [0, 0.1) is 17.8 Å².